The molecule has 2 N–H and O–H groups in total. The summed E-state index contributed by atoms with van der Waals surface area (Å²) in [5.41, 5.74) is 1.89. The van der Waals surface area contributed by atoms with Crippen LogP contribution in [0.5, 0.6) is 5.75 Å². The lowest BCUT2D eigenvalue weighted by Crippen LogP contribution is -2.14. The van der Waals surface area contributed by atoms with E-state index in [9.17, 15) is 5.11 Å². The minimum absolute atomic E-state index is 0.349. The predicted molar refractivity (Wildman–Crippen MR) is 88.6 cm³/mol. The Morgan fingerprint density at radius 1 is 1.32 bits per heavy atom. The Labute approximate surface area is 132 Å². The number of ether oxygens (including phenoxy) is 1. The van der Waals surface area contributed by atoms with Crippen LogP contribution in [-0.2, 0) is 0 Å². The van der Waals surface area contributed by atoms with Crippen molar-refractivity contribution in [2.45, 2.75) is 13.0 Å². The van der Waals surface area contributed by atoms with Gasteiger partial charge in [0.25, 0.3) is 0 Å². The number of benzene rings is 1. The maximum absolute atomic E-state index is 10.4. The first-order valence-electron chi connectivity index (χ1n) is 6.94. The summed E-state index contributed by atoms with van der Waals surface area (Å²) in [6.45, 7) is 2.38. The molecular formula is C16H17N3O2S. The summed E-state index contributed by atoms with van der Waals surface area (Å²) in [7, 11) is 1.60. The lowest BCUT2D eigenvalue weighted by atomic mass is 10.1. The zero-order valence-electron chi connectivity index (χ0n) is 12.4. The van der Waals surface area contributed by atoms with Gasteiger partial charge in [0, 0.05) is 12.1 Å². The number of anilines is 1. The Morgan fingerprint density at radius 2 is 2.14 bits per heavy atom. The van der Waals surface area contributed by atoms with E-state index in [0.717, 1.165) is 27.2 Å². The topological polar surface area (TPSA) is 67.3 Å². The van der Waals surface area contributed by atoms with Crippen molar-refractivity contribution in [1.82, 2.24) is 9.97 Å². The number of nitrogens with one attached hydrogen (secondary N) is 1. The third kappa shape index (κ3) is 2.75. The monoisotopic (exact) mass is 315 g/mol. The third-order valence-corrected chi connectivity index (χ3v) is 4.52. The van der Waals surface area contributed by atoms with Crippen LogP contribution in [0.4, 0.5) is 5.82 Å². The van der Waals surface area contributed by atoms with Gasteiger partial charge in [-0.05, 0) is 23.9 Å². The Morgan fingerprint density at radius 3 is 2.95 bits per heavy atom. The lowest BCUT2D eigenvalue weighted by molar-refractivity contribution is 0.187. The second kappa shape index (κ2) is 6.29. The molecule has 22 heavy (non-hydrogen) atoms. The standard InChI is InChI=1S/C16H17N3O2S/c1-10-8-22-16-14(10)15(18-9-19-16)17-7-12(20)11-5-3-4-6-13(11)21-2/h3-6,8-9,12,20H,7H2,1-2H3,(H,17,18,19)/t12-/m1/s1. The zero-order valence-corrected chi connectivity index (χ0v) is 13.2. The summed E-state index contributed by atoms with van der Waals surface area (Å²) in [6, 6.07) is 7.46. The third-order valence-electron chi connectivity index (χ3n) is 3.51. The number of nitrogens with zero attached hydrogens (tertiary/aromatic N) is 2. The van der Waals surface area contributed by atoms with Crippen molar-refractivity contribution in [2.24, 2.45) is 0 Å². The summed E-state index contributed by atoms with van der Waals surface area (Å²) in [5.74, 6) is 1.43. The van der Waals surface area contributed by atoms with E-state index < -0.39 is 6.10 Å². The average molecular weight is 315 g/mol. The van der Waals surface area contributed by atoms with Crippen LogP contribution in [0.25, 0.3) is 10.2 Å². The second-order valence-electron chi connectivity index (χ2n) is 4.96. The van der Waals surface area contributed by atoms with Crippen molar-refractivity contribution in [2.75, 3.05) is 19.0 Å². The number of fused-ring (bicyclic) bond motifs is 1. The van der Waals surface area contributed by atoms with Gasteiger partial charge in [-0.3, -0.25) is 0 Å². The Balaban J connectivity index is 1.80. The highest BCUT2D eigenvalue weighted by Crippen LogP contribution is 2.29. The molecule has 1 aromatic carbocycles. The minimum atomic E-state index is -0.680. The van der Waals surface area contributed by atoms with Crippen molar-refractivity contribution in [3.63, 3.8) is 0 Å². The van der Waals surface area contributed by atoms with Crippen molar-refractivity contribution in [1.29, 1.82) is 0 Å². The highest BCUT2D eigenvalue weighted by molar-refractivity contribution is 7.17. The number of aliphatic hydroxyl groups is 1. The number of methoxy groups -OCH3 is 1. The number of aryl methyl sites for hydroxylation is 1. The smallest absolute Gasteiger partial charge is 0.138 e. The fourth-order valence-electron chi connectivity index (χ4n) is 2.40. The van der Waals surface area contributed by atoms with Crippen LogP contribution in [-0.4, -0.2) is 28.7 Å². The number of hydrogen-bond donors (Lipinski definition) is 2. The Bertz CT molecular complexity index is 788. The van der Waals surface area contributed by atoms with Crippen molar-refractivity contribution in [3.05, 3.63) is 47.1 Å². The highest BCUT2D eigenvalue weighted by Gasteiger charge is 2.14. The summed E-state index contributed by atoms with van der Waals surface area (Å²) >= 11 is 1.59. The fraction of sp³-hybridized carbons (Fsp3) is 0.250. The van der Waals surface area contributed by atoms with Crippen LogP contribution < -0.4 is 10.1 Å². The maximum atomic E-state index is 10.4. The first-order valence-corrected chi connectivity index (χ1v) is 7.82. The SMILES string of the molecule is COc1ccccc1[C@H](O)CNc1ncnc2scc(C)c12. The highest BCUT2D eigenvalue weighted by atomic mass is 32.1. The fourth-order valence-corrected chi connectivity index (χ4v) is 3.29. The van der Waals surface area contributed by atoms with Gasteiger partial charge in [0.2, 0.25) is 0 Å². The second-order valence-corrected chi connectivity index (χ2v) is 5.82. The molecule has 1 atom stereocenters. The zero-order chi connectivity index (χ0) is 15.5. The van der Waals surface area contributed by atoms with Crippen LogP contribution in [0.2, 0.25) is 0 Å². The maximum Gasteiger partial charge on any atom is 0.138 e. The van der Waals surface area contributed by atoms with Crippen LogP contribution in [0.1, 0.15) is 17.2 Å². The van der Waals surface area contributed by atoms with Crippen LogP contribution in [0, 0.1) is 6.92 Å². The number of hydrogen-bond acceptors (Lipinski definition) is 6. The van der Waals surface area contributed by atoms with E-state index in [1.54, 1.807) is 18.4 Å². The van der Waals surface area contributed by atoms with Crippen molar-refractivity contribution >= 4 is 27.4 Å². The first-order chi connectivity index (χ1) is 10.7. The predicted octanol–water partition coefficient (Wildman–Crippen LogP) is 3.15. The van der Waals surface area contributed by atoms with Gasteiger partial charge in [-0.25, -0.2) is 9.97 Å². The molecule has 0 saturated heterocycles. The molecule has 0 bridgehead atoms. The van der Waals surface area contributed by atoms with E-state index in [4.69, 9.17) is 4.74 Å². The Kier molecular flexibility index (Phi) is 4.22. The number of aromatic nitrogens is 2. The van der Waals surface area contributed by atoms with E-state index in [1.807, 2.05) is 31.2 Å². The number of thiophene rings is 1. The molecule has 0 unspecified atom stereocenters. The van der Waals surface area contributed by atoms with E-state index in [2.05, 4.69) is 20.7 Å². The normalized spacial score (nSPS) is 12.3. The molecule has 0 aliphatic rings. The molecule has 3 aromatic rings. The number of para-hydroxylation sites is 1. The molecule has 0 amide bonds. The summed E-state index contributed by atoms with van der Waals surface area (Å²) in [6.07, 6.45) is 0.857. The van der Waals surface area contributed by atoms with Crippen molar-refractivity contribution < 1.29 is 9.84 Å². The molecule has 2 aromatic heterocycles. The van der Waals surface area contributed by atoms with Crippen molar-refractivity contribution in [3.8, 4) is 5.75 Å². The summed E-state index contributed by atoms with van der Waals surface area (Å²) < 4.78 is 5.28. The molecule has 0 aliphatic heterocycles. The molecule has 3 rings (SSSR count). The number of rotatable bonds is 5. The summed E-state index contributed by atoms with van der Waals surface area (Å²) in [5, 5.41) is 16.7. The largest absolute Gasteiger partial charge is 0.496 e. The molecule has 6 heteroatoms. The first kappa shape index (κ1) is 14.7. The van der Waals surface area contributed by atoms with Gasteiger partial charge in [-0.15, -0.1) is 11.3 Å². The van der Waals surface area contributed by atoms with Gasteiger partial charge in [0.05, 0.1) is 18.6 Å². The molecule has 0 aliphatic carbocycles. The molecule has 2 heterocycles. The molecule has 0 fully saturated rings. The van der Waals surface area contributed by atoms with Crippen LogP contribution in [0.15, 0.2) is 36.0 Å². The molecule has 0 radical (unpaired) electrons. The lowest BCUT2D eigenvalue weighted by Gasteiger charge is -2.16. The van der Waals surface area contributed by atoms with E-state index in [-0.39, 0.29) is 0 Å². The average Bonchev–Trinajstić information content (AvgIpc) is 2.94. The molecule has 5 nitrogen and oxygen atoms in total. The van der Waals surface area contributed by atoms with Crippen LogP contribution >= 0.6 is 11.3 Å². The molecule has 114 valence electrons. The van der Waals surface area contributed by atoms with Gasteiger partial charge in [0.1, 0.15) is 22.7 Å². The Hall–Kier alpha value is -2.18. The molecule has 0 saturated carbocycles. The van der Waals surface area contributed by atoms with E-state index in [0.29, 0.717) is 12.3 Å². The van der Waals surface area contributed by atoms with Gasteiger partial charge in [-0.1, -0.05) is 18.2 Å². The van der Waals surface area contributed by atoms with Gasteiger partial charge >= 0.3 is 0 Å². The van der Waals surface area contributed by atoms with Crippen LogP contribution in [0.3, 0.4) is 0 Å². The molecular weight excluding hydrogens is 298 g/mol. The van der Waals surface area contributed by atoms with Gasteiger partial charge in [-0.2, -0.15) is 0 Å². The van der Waals surface area contributed by atoms with Gasteiger partial charge < -0.3 is 15.2 Å². The van der Waals surface area contributed by atoms with E-state index >= 15 is 0 Å². The molecule has 0 spiro atoms. The minimum Gasteiger partial charge on any atom is -0.496 e. The quantitative estimate of drug-likeness (QED) is 0.757. The van der Waals surface area contributed by atoms with Gasteiger partial charge in [0.15, 0.2) is 0 Å². The summed E-state index contributed by atoms with van der Waals surface area (Å²) in [4.78, 5) is 9.50. The van der Waals surface area contributed by atoms with E-state index in [1.165, 1.54) is 6.33 Å². The number of aliphatic hydroxyl groups excluding tert-OH is 1.